The lowest BCUT2D eigenvalue weighted by atomic mass is 10.1. The quantitative estimate of drug-likeness (QED) is 0.752. The molecule has 0 amide bonds. The summed E-state index contributed by atoms with van der Waals surface area (Å²) in [5.74, 6) is 0.378. The monoisotopic (exact) mass is 214 g/mol. The third-order valence-corrected chi connectivity index (χ3v) is 2.04. The Morgan fingerprint density at radius 2 is 2.18 bits per heavy atom. The number of hydrogen-bond donors (Lipinski definition) is 1. The van der Waals surface area contributed by atoms with Crippen molar-refractivity contribution < 1.29 is 5.11 Å². The van der Waals surface area contributed by atoms with Crippen molar-refractivity contribution >= 4 is 15.9 Å². The lowest BCUT2D eigenvalue weighted by Crippen LogP contribution is -1.86. The molecule has 1 aromatic carbocycles. The van der Waals surface area contributed by atoms with Crippen LogP contribution in [-0.4, -0.2) is 10.4 Å². The second-order valence-electron chi connectivity index (χ2n) is 2.56. The number of alkyl halides is 1. The van der Waals surface area contributed by atoms with Crippen molar-refractivity contribution in [3.63, 3.8) is 0 Å². The number of phenolic OH excluding ortho intramolecular Hbond substituents is 1. The Morgan fingerprint density at radius 1 is 1.45 bits per heavy atom. The molecule has 1 nitrogen and oxygen atoms in total. The molecule has 60 valence electrons. The van der Waals surface area contributed by atoms with Crippen molar-refractivity contribution in [2.45, 2.75) is 13.3 Å². The maximum absolute atomic E-state index is 9.20. The van der Waals surface area contributed by atoms with Gasteiger partial charge in [-0.25, -0.2) is 0 Å². The number of hydrogen-bond acceptors (Lipinski definition) is 1. The Kier molecular flexibility index (Phi) is 2.94. The van der Waals surface area contributed by atoms with Crippen LogP contribution in [0.2, 0.25) is 0 Å². The zero-order valence-corrected chi connectivity index (χ0v) is 8.06. The minimum absolute atomic E-state index is 0.378. The molecule has 0 radical (unpaired) electrons. The van der Waals surface area contributed by atoms with Gasteiger partial charge in [0.1, 0.15) is 5.75 Å². The van der Waals surface area contributed by atoms with Gasteiger partial charge in [0.05, 0.1) is 0 Å². The molecule has 1 aromatic rings. The van der Waals surface area contributed by atoms with E-state index in [4.69, 9.17) is 0 Å². The summed E-state index contributed by atoms with van der Waals surface area (Å²) >= 11 is 3.37. The van der Waals surface area contributed by atoms with Gasteiger partial charge in [0, 0.05) is 5.33 Å². The summed E-state index contributed by atoms with van der Waals surface area (Å²) < 4.78 is 0. The van der Waals surface area contributed by atoms with Gasteiger partial charge >= 0.3 is 0 Å². The van der Waals surface area contributed by atoms with Gasteiger partial charge in [-0.1, -0.05) is 28.1 Å². The lowest BCUT2D eigenvalue weighted by Gasteiger charge is -2.01. The average Bonchev–Trinajstić information content (AvgIpc) is 1.98. The predicted octanol–water partition coefficient (Wildman–Crippen LogP) is 2.64. The fourth-order valence-electron chi connectivity index (χ4n) is 0.982. The highest BCUT2D eigenvalue weighted by Gasteiger charge is 1.96. The number of phenols is 1. The van der Waals surface area contributed by atoms with E-state index in [9.17, 15) is 5.11 Å². The molecule has 2 heteroatoms. The summed E-state index contributed by atoms with van der Waals surface area (Å²) in [6, 6.07) is 5.70. The van der Waals surface area contributed by atoms with Gasteiger partial charge in [-0.2, -0.15) is 0 Å². The number of halogens is 1. The van der Waals surface area contributed by atoms with E-state index in [-0.39, 0.29) is 0 Å². The van der Waals surface area contributed by atoms with Crippen molar-refractivity contribution in [2.24, 2.45) is 0 Å². The molecular weight excluding hydrogens is 204 g/mol. The third-order valence-electron chi connectivity index (χ3n) is 1.64. The van der Waals surface area contributed by atoms with Crippen LogP contribution in [0.5, 0.6) is 5.75 Å². The second-order valence-corrected chi connectivity index (χ2v) is 3.35. The van der Waals surface area contributed by atoms with Crippen molar-refractivity contribution in [3.05, 3.63) is 29.3 Å². The normalized spacial score (nSPS) is 10.0. The molecule has 0 heterocycles. The maximum atomic E-state index is 9.20. The zero-order valence-electron chi connectivity index (χ0n) is 6.47. The van der Waals surface area contributed by atoms with E-state index in [1.54, 1.807) is 6.07 Å². The van der Waals surface area contributed by atoms with Gasteiger partial charge in [0.25, 0.3) is 0 Å². The molecule has 0 bridgehead atoms. The molecule has 1 rings (SSSR count). The van der Waals surface area contributed by atoms with Gasteiger partial charge in [-0.3, -0.25) is 0 Å². The summed E-state index contributed by atoms with van der Waals surface area (Å²) in [4.78, 5) is 0. The number of aromatic hydroxyl groups is 1. The first kappa shape index (κ1) is 8.60. The Bertz CT molecular complexity index is 245. The van der Waals surface area contributed by atoms with E-state index in [0.717, 1.165) is 17.3 Å². The van der Waals surface area contributed by atoms with Crippen LogP contribution in [0.25, 0.3) is 0 Å². The highest BCUT2D eigenvalue weighted by atomic mass is 79.9. The molecular formula is C9H11BrO. The minimum Gasteiger partial charge on any atom is -0.508 e. The molecule has 0 aromatic heterocycles. The molecule has 0 saturated heterocycles. The van der Waals surface area contributed by atoms with Gasteiger partial charge in [-0.05, 0) is 30.5 Å². The fourth-order valence-corrected chi connectivity index (χ4v) is 1.44. The molecule has 0 atom stereocenters. The average molecular weight is 215 g/mol. The van der Waals surface area contributed by atoms with Crippen LogP contribution in [-0.2, 0) is 6.42 Å². The van der Waals surface area contributed by atoms with Crippen LogP contribution < -0.4 is 0 Å². The first-order chi connectivity index (χ1) is 5.24. The molecule has 0 fully saturated rings. The Labute approximate surface area is 75.2 Å². The predicted molar refractivity (Wildman–Crippen MR) is 50.3 cm³/mol. The summed E-state index contributed by atoms with van der Waals surface area (Å²) in [5.41, 5.74) is 2.21. The molecule has 0 aliphatic rings. The van der Waals surface area contributed by atoms with Crippen molar-refractivity contribution in [1.29, 1.82) is 0 Å². The van der Waals surface area contributed by atoms with Gasteiger partial charge in [0.2, 0.25) is 0 Å². The highest BCUT2D eigenvalue weighted by Crippen LogP contribution is 2.17. The first-order valence-electron chi connectivity index (χ1n) is 3.58. The molecule has 0 unspecified atom stereocenters. The molecule has 0 aliphatic heterocycles. The molecule has 1 N–H and O–H groups in total. The summed E-state index contributed by atoms with van der Waals surface area (Å²) in [5, 5.41) is 10.2. The maximum Gasteiger partial charge on any atom is 0.118 e. The van der Waals surface area contributed by atoms with E-state index in [1.165, 1.54) is 5.56 Å². The first-order valence-corrected chi connectivity index (χ1v) is 4.70. The lowest BCUT2D eigenvalue weighted by molar-refractivity contribution is 0.471. The van der Waals surface area contributed by atoms with Gasteiger partial charge in [0.15, 0.2) is 0 Å². The number of benzene rings is 1. The SMILES string of the molecule is Cc1cc(CCBr)ccc1O. The summed E-state index contributed by atoms with van der Waals surface area (Å²) in [7, 11) is 0. The van der Waals surface area contributed by atoms with Crippen LogP contribution >= 0.6 is 15.9 Å². The smallest absolute Gasteiger partial charge is 0.118 e. The molecule has 0 aliphatic carbocycles. The fraction of sp³-hybridized carbons (Fsp3) is 0.333. The second kappa shape index (κ2) is 3.77. The molecule has 0 spiro atoms. The van der Waals surface area contributed by atoms with Crippen LogP contribution in [0, 0.1) is 6.92 Å². The van der Waals surface area contributed by atoms with Crippen molar-refractivity contribution in [2.75, 3.05) is 5.33 Å². The van der Waals surface area contributed by atoms with E-state index in [0.29, 0.717) is 5.75 Å². The van der Waals surface area contributed by atoms with Crippen LogP contribution in [0.3, 0.4) is 0 Å². The van der Waals surface area contributed by atoms with Crippen molar-refractivity contribution in [1.82, 2.24) is 0 Å². The van der Waals surface area contributed by atoms with Gasteiger partial charge < -0.3 is 5.11 Å². The Morgan fingerprint density at radius 3 is 2.73 bits per heavy atom. The summed E-state index contributed by atoms with van der Waals surface area (Å²) in [6.07, 6.45) is 1.01. The zero-order chi connectivity index (χ0) is 8.27. The molecule has 11 heavy (non-hydrogen) atoms. The van der Waals surface area contributed by atoms with Crippen LogP contribution in [0.15, 0.2) is 18.2 Å². The minimum atomic E-state index is 0.378. The molecule has 0 saturated carbocycles. The largest absolute Gasteiger partial charge is 0.508 e. The van der Waals surface area contributed by atoms with E-state index >= 15 is 0 Å². The van der Waals surface area contributed by atoms with E-state index in [1.807, 2.05) is 19.1 Å². The van der Waals surface area contributed by atoms with Crippen molar-refractivity contribution in [3.8, 4) is 5.75 Å². The Hall–Kier alpha value is -0.500. The number of rotatable bonds is 2. The standard InChI is InChI=1S/C9H11BrO/c1-7-6-8(4-5-10)2-3-9(7)11/h2-3,6,11H,4-5H2,1H3. The Balaban J connectivity index is 2.86. The van der Waals surface area contributed by atoms with Gasteiger partial charge in [-0.15, -0.1) is 0 Å². The van der Waals surface area contributed by atoms with Crippen LogP contribution in [0.4, 0.5) is 0 Å². The van der Waals surface area contributed by atoms with Crippen LogP contribution in [0.1, 0.15) is 11.1 Å². The summed E-state index contributed by atoms with van der Waals surface area (Å²) in [6.45, 7) is 1.91. The van der Waals surface area contributed by atoms with E-state index < -0.39 is 0 Å². The number of aryl methyl sites for hydroxylation is 2. The third kappa shape index (κ3) is 2.22. The van der Waals surface area contributed by atoms with E-state index in [2.05, 4.69) is 15.9 Å². The highest BCUT2D eigenvalue weighted by molar-refractivity contribution is 9.09. The topological polar surface area (TPSA) is 20.2 Å².